The molecule has 0 bridgehead atoms. The highest BCUT2D eigenvalue weighted by molar-refractivity contribution is 5.74. The van der Waals surface area contributed by atoms with Gasteiger partial charge in [0.1, 0.15) is 6.33 Å². The quantitative estimate of drug-likeness (QED) is 0.534. The Hall–Kier alpha value is -3.21. The van der Waals surface area contributed by atoms with Gasteiger partial charge in [-0.2, -0.15) is 0 Å². The van der Waals surface area contributed by atoms with Gasteiger partial charge >= 0.3 is 0 Å². The Balaban J connectivity index is 1.96. The summed E-state index contributed by atoms with van der Waals surface area (Å²) in [5.41, 5.74) is 5.86. The van der Waals surface area contributed by atoms with Crippen LogP contribution < -0.4 is 5.56 Å². The summed E-state index contributed by atoms with van der Waals surface area (Å²) in [6.45, 7) is 6.39. The standard InChI is InChI=1S/C23H22N4O/c1-4-23(3)13-16-7-5-6-8-18(16)20-19(23)21(28)27(22-25-24-14-26(20)22)17-11-9-15(2)10-12-17/h5-12,14H,4,13H2,1-3H3/t23-/m1/s1. The summed E-state index contributed by atoms with van der Waals surface area (Å²) in [6.07, 6.45) is 3.45. The van der Waals surface area contributed by atoms with Crippen LogP contribution in [0.5, 0.6) is 0 Å². The van der Waals surface area contributed by atoms with Crippen LogP contribution in [0.15, 0.2) is 59.7 Å². The lowest BCUT2D eigenvalue weighted by molar-refractivity contribution is 0.438. The van der Waals surface area contributed by atoms with Crippen molar-refractivity contribution in [3.05, 3.63) is 81.9 Å². The molecule has 2 aromatic heterocycles. The summed E-state index contributed by atoms with van der Waals surface area (Å²) < 4.78 is 3.68. The van der Waals surface area contributed by atoms with Gasteiger partial charge in [0, 0.05) is 16.5 Å². The first-order chi connectivity index (χ1) is 13.5. The van der Waals surface area contributed by atoms with Gasteiger partial charge in [0.15, 0.2) is 0 Å². The molecule has 0 N–H and O–H groups in total. The second-order valence-corrected chi connectivity index (χ2v) is 7.95. The number of rotatable bonds is 2. The van der Waals surface area contributed by atoms with Crippen LogP contribution in [-0.4, -0.2) is 19.2 Å². The molecule has 0 saturated heterocycles. The first-order valence-electron chi connectivity index (χ1n) is 9.68. The molecule has 1 aliphatic carbocycles. The number of benzene rings is 2. The van der Waals surface area contributed by atoms with E-state index in [0.717, 1.165) is 40.9 Å². The first kappa shape index (κ1) is 16.9. The van der Waals surface area contributed by atoms with Gasteiger partial charge in [0.25, 0.3) is 5.56 Å². The van der Waals surface area contributed by atoms with E-state index >= 15 is 0 Å². The third-order valence-corrected chi connectivity index (χ3v) is 6.15. The molecule has 1 aliphatic rings. The smallest absolute Gasteiger partial charge is 0.263 e. The van der Waals surface area contributed by atoms with E-state index < -0.39 is 0 Å². The maximum absolute atomic E-state index is 13.9. The van der Waals surface area contributed by atoms with Crippen molar-refractivity contribution >= 4 is 5.78 Å². The lowest BCUT2D eigenvalue weighted by Crippen LogP contribution is -2.39. The molecule has 0 radical (unpaired) electrons. The molecule has 0 fully saturated rings. The average molecular weight is 370 g/mol. The van der Waals surface area contributed by atoms with E-state index in [1.54, 1.807) is 10.9 Å². The van der Waals surface area contributed by atoms with Crippen molar-refractivity contribution in [2.45, 2.75) is 39.0 Å². The van der Waals surface area contributed by atoms with E-state index in [4.69, 9.17) is 0 Å². The fourth-order valence-electron chi connectivity index (χ4n) is 4.41. The normalized spacial score (nSPS) is 18.1. The topological polar surface area (TPSA) is 52.2 Å². The molecule has 2 heterocycles. The van der Waals surface area contributed by atoms with Crippen LogP contribution in [0.3, 0.4) is 0 Å². The zero-order valence-corrected chi connectivity index (χ0v) is 16.3. The molecule has 0 spiro atoms. The highest BCUT2D eigenvalue weighted by Crippen LogP contribution is 2.43. The molecule has 5 rings (SSSR count). The molecule has 0 unspecified atom stereocenters. The summed E-state index contributed by atoms with van der Waals surface area (Å²) in [6, 6.07) is 16.3. The van der Waals surface area contributed by atoms with Crippen LogP contribution in [0.2, 0.25) is 0 Å². The minimum atomic E-state index is -0.244. The second kappa shape index (κ2) is 5.89. The number of aryl methyl sites for hydroxylation is 1. The number of nitrogens with zero attached hydrogens (tertiary/aromatic N) is 4. The number of hydrogen-bond donors (Lipinski definition) is 0. The molecule has 4 aromatic rings. The molecular formula is C23H22N4O. The molecule has 0 saturated carbocycles. The van der Waals surface area contributed by atoms with E-state index in [0.29, 0.717) is 5.78 Å². The van der Waals surface area contributed by atoms with Gasteiger partial charge in [0.05, 0.1) is 11.4 Å². The van der Waals surface area contributed by atoms with E-state index in [9.17, 15) is 4.79 Å². The first-order valence-corrected chi connectivity index (χ1v) is 9.68. The van der Waals surface area contributed by atoms with Crippen LogP contribution in [-0.2, 0) is 11.8 Å². The van der Waals surface area contributed by atoms with Crippen molar-refractivity contribution in [1.82, 2.24) is 19.2 Å². The van der Waals surface area contributed by atoms with Crippen molar-refractivity contribution < 1.29 is 0 Å². The SMILES string of the molecule is CC[C@]1(C)Cc2ccccc2-c2c1c(=O)n(-c1ccc(C)cc1)c1nncn21. The van der Waals surface area contributed by atoms with Crippen molar-refractivity contribution in [2.75, 3.05) is 0 Å². The average Bonchev–Trinajstić information content (AvgIpc) is 3.18. The summed E-state index contributed by atoms with van der Waals surface area (Å²) in [4.78, 5) is 13.9. The maximum Gasteiger partial charge on any atom is 0.263 e. The Bertz CT molecular complexity index is 1270. The van der Waals surface area contributed by atoms with Gasteiger partial charge in [-0.1, -0.05) is 55.8 Å². The minimum absolute atomic E-state index is 0.00166. The van der Waals surface area contributed by atoms with E-state index in [1.165, 1.54) is 5.56 Å². The molecule has 1 atom stereocenters. The number of aromatic nitrogens is 4. The summed E-state index contributed by atoms with van der Waals surface area (Å²) in [5, 5.41) is 8.46. The molecule has 28 heavy (non-hydrogen) atoms. The maximum atomic E-state index is 13.9. The number of hydrogen-bond acceptors (Lipinski definition) is 3. The van der Waals surface area contributed by atoms with Gasteiger partial charge in [-0.25, -0.2) is 4.57 Å². The molecule has 5 heteroatoms. The lowest BCUT2D eigenvalue weighted by atomic mass is 9.69. The lowest BCUT2D eigenvalue weighted by Gasteiger charge is -2.36. The van der Waals surface area contributed by atoms with Crippen LogP contribution in [0.25, 0.3) is 22.7 Å². The van der Waals surface area contributed by atoms with Gasteiger partial charge < -0.3 is 0 Å². The van der Waals surface area contributed by atoms with Gasteiger partial charge in [-0.3, -0.25) is 9.20 Å². The molecule has 140 valence electrons. The Kier molecular flexibility index (Phi) is 3.56. The number of fused-ring (bicyclic) bond motifs is 5. The fourth-order valence-corrected chi connectivity index (χ4v) is 4.41. The molecule has 2 aromatic carbocycles. The zero-order valence-electron chi connectivity index (χ0n) is 16.3. The predicted molar refractivity (Wildman–Crippen MR) is 110 cm³/mol. The largest absolute Gasteiger partial charge is 0.268 e. The van der Waals surface area contributed by atoms with Crippen LogP contribution in [0.4, 0.5) is 0 Å². The highest BCUT2D eigenvalue weighted by atomic mass is 16.1. The third kappa shape index (κ3) is 2.22. The van der Waals surface area contributed by atoms with Crippen LogP contribution >= 0.6 is 0 Å². The van der Waals surface area contributed by atoms with E-state index in [2.05, 4.69) is 42.2 Å². The Morgan fingerprint density at radius 2 is 1.86 bits per heavy atom. The van der Waals surface area contributed by atoms with Gasteiger partial charge in [0.2, 0.25) is 5.78 Å². The zero-order chi connectivity index (χ0) is 19.5. The van der Waals surface area contributed by atoms with Crippen molar-refractivity contribution in [1.29, 1.82) is 0 Å². The molecule has 5 nitrogen and oxygen atoms in total. The van der Waals surface area contributed by atoms with Crippen LogP contribution in [0.1, 0.15) is 37.0 Å². The second-order valence-electron chi connectivity index (χ2n) is 7.95. The third-order valence-electron chi connectivity index (χ3n) is 6.15. The van der Waals surface area contributed by atoms with Crippen molar-refractivity contribution in [2.24, 2.45) is 0 Å². The van der Waals surface area contributed by atoms with E-state index in [1.807, 2.05) is 41.7 Å². The van der Waals surface area contributed by atoms with Crippen molar-refractivity contribution in [3.8, 4) is 16.9 Å². The Morgan fingerprint density at radius 3 is 2.61 bits per heavy atom. The highest BCUT2D eigenvalue weighted by Gasteiger charge is 2.38. The van der Waals surface area contributed by atoms with E-state index in [-0.39, 0.29) is 11.0 Å². The molecule has 0 amide bonds. The summed E-state index contributed by atoms with van der Waals surface area (Å²) in [7, 11) is 0. The fraction of sp³-hybridized carbons (Fsp3) is 0.261. The Morgan fingerprint density at radius 1 is 1.11 bits per heavy atom. The Labute approximate surface area is 163 Å². The monoisotopic (exact) mass is 370 g/mol. The molecular weight excluding hydrogens is 348 g/mol. The van der Waals surface area contributed by atoms with Gasteiger partial charge in [-0.05, 0) is 37.5 Å². The van der Waals surface area contributed by atoms with Crippen molar-refractivity contribution in [3.63, 3.8) is 0 Å². The van der Waals surface area contributed by atoms with Gasteiger partial charge in [-0.15, -0.1) is 10.2 Å². The summed E-state index contributed by atoms with van der Waals surface area (Å²) in [5.74, 6) is 0.544. The van der Waals surface area contributed by atoms with Crippen LogP contribution in [0, 0.1) is 6.92 Å². The predicted octanol–water partition coefficient (Wildman–Crippen LogP) is 4.08. The minimum Gasteiger partial charge on any atom is -0.268 e. The summed E-state index contributed by atoms with van der Waals surface area (Å²) >= 11 is 0. The molecule has 0 aliphatic heterocycles.